The van der Waals surface area contributed by atoms with Gasteiger partial charge in [0.2, 0.25) is 0 Å². The van der Waals surface area contributed by atoms with Crippen LogP contribution in [-0.2, 0) is 12.8 Å². The zero-order valence-electron chi connectivity index (χ0n) is 21.0. The van der Waals surface area contributed by atoms with E-state index in [1.807, 2.05) is 0 Å². The van der Waals surface area contributed by atoms with E-state index < -0.39 is 6.10 Å². The fraction of sp³-hybridized carbons (Fsp3) is 0.393. The molecule has 0 bridgehead atoms. The molecule has 8 nitrogen and oxygen atoms in total. The number of hydrogen-bond acceptors (Lipinski definition) is 7. The molecule has 1 aliphatic rings. The average Bonchev–Trinajstić information content (AvgIpc) is 3.40. The number of aliphatic hydroxyl groups is 1. The van der Waals surface area contributed by atoms with Gasteiger partial charge in [0, 0.05) is 37.1 Å². The van der Waals surface area contributed by atoms with E-state index in [0.717, 1.165) is 78.5 Å². The molecule has 0 saturated heterocycles. The second-order valence-electron chi connectivity index (χ2n) is 9.72. The molecular formula is C28H33N7O. The third-order valence-electron chi connectivity index (χ3n) is 6.72. The molecule has 1 atom stereocenters. The van der Waals surface area contributed by atoms with Crippen LogP contribution in [-0.4, -0.2) is 54.9 Å². The van der Waals surface area contributed by atoms with Gasteiger partial charge in [0.25, 0.3) is 0 Å². The van der Waals surface area contributed by atoms with Crippen LogP contribution >= 0.6 is 0 Å². The summed E-state index contributed by atoms with van der Waals surface area (Å²) in [5, 5.41) is 24.8. The van der Waals surface area contributed by atoms with Crippen molar-refractivity contribution >= 4 is 5.82 Å². The standard InChI is InChI=1S/C28H33N7O/c1-19-8-12-21(13-9-19)26-27(22-14-10-20(2)11-15-22)30-28-24(29-26)17-23(36)18-35(28)16-6-4-3-5-7-25-31-33-34-32-25/h8-15,23,36H,3-7,16-18H2,1-2H3,(H,31,32,33,34)/t23-/m0/s1. The lowest BCUT2D eigenvalue weighted by molar-refractivity contribution is 0.173. The number of rotatable bonds is 9. The highest BCUT2D eigenvalue weighted by molar-refractivity contribution is 5.80. The van der Waals surface area contributed by atoms with Crippen molar-refractivity contribution in [3.63, 3.8) is 0 Å². The molecule has 2 aromatic carbocycles. The molecule has 5 rings (SSSR count). The first-order valence-corrected chi connectivity index (χ1v) is 12.8. The summed E-state index contributed by atoms with van der Waals surface area (Å²) < 4.78 is 0. The minimum Gasteiger partial charge on any atom is -0.391 e. The first-order chi connectivity index (χ1) is 17.6. The molecule has 0 spiro atoms. The maximum Gasteiger partial charge on any atom is 0.174 e. The van der Waals surface area contributed by atoms with Gasteiger partial charge < -0.3 is 10.0 Å². The predicted molar refractivity (Wildman–Crippen MR) is 141 cm³/mol. The van der Waals surface area contributed by atoms with E-state index in [1.54, 1.807) is 0 Å². The lowest BCUT2D eigenvalue weighted by atomic mass is 10.00. The number of H-pyrrole nitrogens is 1. The number of β-amino-alcohol motifs (C(OH)–C–C–N with tert-alkyl or cyclic N) is 1. The number of aromatic nitrogens is 6. The van der Waals surface area contributed by atoms with Crippen molar-refractivity contribution in [3.8, 4) is 22.5 Å². The van der Waals surface area contributed by atoms with Gasteiger partial charge in [-0.1, -0.05) is 77.7 Å². The van der Waals surface area contributed by atoms with Crippen LogP contribution in [0.2, 0.25) is 0 Å². The maximum atomic E-state index is 10.7. The molecule has 0 radical (unpaired) electrons. The maximum absolute atomic E-state index is 10.7. The number of nitrogens with one attached hydrogen (secondary N) is 1. The van der Waals surface area contributed by atoms with Gasteiger partial charge in [0.05, 0.1) is 23.2 Å². The van der Waals surface area contributed by atoms with E-state index in [1.165, 1.54) is 11.1 Å². The number of hydrogen-bond donors (Lipinski definition) is 2. The third-order valence-corrected chi connectivity index (χ3v) is 6.72. The smallest absolute Gasteiger partial charge is 0.174 e. The Hall–Kier alpha value is -3.65. The lowest BCUT2D eigenvalue weighted by Crippen LogP contribution is -2.40. The topological polar surface area (TPSA) is 104 Å². The van der Waals surface area contributed by atoms with Crippen LogP contribution < -0.4 is 4.90 Å². The van der Waals surface area contributed by atoms with Crippen molar-refractivity contribution in [1.29, 1.82) is 0 Å². The molecule has 0 aliphatic carbocycles. The van der Waals surface area contributed by atoms with E-state index in [-0.39, 0.29) is 0 Å². The summed E-state index contributed by atoms with van der Waals surface area (Å²) in [6.45, 7) is 5.61. The number of aryl methyl sites for hydroxylation is 3. The Kier molecular flexibility index (Phi) is 7.32. The molecule has 0 amide bonds. The number of benzene rings is 2. The van der Waals surface area contributed by atoms with Crippen molar-refractivity contribution < 1.29 is 5.11 Å². The second kappa shape index (κ2) is 11.0. The fourth-order valence-corrected chi connectivity index (χ4v) is 4.73. The Balaban J connectivity index is 1.38. The summed E-state index contributed by atoms with van der Waals surface area (Å²) in [6, 6.07) is 16.9. The van der Waals surface area contributed by atoms with Crippen molar-refractivity contribution in [3.05, 3.63) is 71.2 Å². The van der Waals surface area contributed by atoms with Crippen LogP contribution in [0.15, 0.2) is 48.5 Å². The summed E-state index contributed by atoms with van der Waals surface area (Å²) >= 11 is 0. The summed E-state index contributed by atoms with van der Waals surface area (Å²) in [5.74, 6) is 1.67. The van der Waals surface area contributed by atoms with Crippen molar-refractivity contribution in [2.24, 2.45) is 0 Å². The highest BCUT2D eigenvalue weighted by Crippen LogP contribution is 2.35. The minimum absolute atomic E-state index is 0.443. The molecular weight excluding hydrogens is 450 g/mol. The van der Waals surface area contributed by atoms with Gasteiger partial charge in [-0.25, -0.2) is 9.97 Å². The molecule has 8 heteroatoms. The van der Waals surface area contributed by atoms with Crippen molar-refractivity contribution in [1.82, 2.24) is 30.6 Å². The summed E-state index contributed by atoms with van der Waals surface area (Å²) in [7, 11) is 0. The van der Waals surface area contributed by atoms with Crippen LogP contribution in [0.1, 0.15) is 48.3 Å². The lowest BCUT2D eigenvalue weighted by Gasteiger charge is -2.33. The fourth-order valence-electron chi connectivity index (χ4n) is 4.73. The van der Waals surface area contributed by atoms with Crippen LogP contribution in [0.3, 0.4) is 0 Å². The van der Waals surface area contributed by atoms with Gasteiger partial charge in [0.15, 0.2) is 11.6 Å². The monoisotopic (exact) mass is 483 g/mol. The Bertz CT molecular complexity index is 1270. The number of unbranched alkanes of at least 4 members (excludes halogenated alkanes) is 3. The summed E-state index contributed by atoms with van der Waals surface area (Å²) in [5.41, 5.74) is 7.15. The third kappa shape index (κ3) is 5.60. The first kappa shape index (κ1) is 24.1. The number of aromatic amines is 1. The van der Waals surface area contributed by atoms with Gasteiger partial charge in [-0.3, -0.25) is 0 Å². The summed E-state index contributed by atoms with van der Waals surface area (Å²) in [6.07, 6.45) is 5.19. The Morgan fingerprint density at radius 3 is 2.14 bits per heavy atom. The van der Waals surface area contributed by atoms with Gasteiger partial charge in [-0.05, 0) is 26.7 Å². The second-order valence-corrected chi connectivity index (χ2v) is 9.72. The largest absolute Gasteiger partial charge is 0.391 e. The molecule has 0 fully saturated rings. The minimum atomic E-state index is -0.443. The van der Waals surface area contributed by atoms with Gasteiger partial charge in [0.1, 0.15) is 0 Å². The zero-order valence-corrected chi connectivity index (χ0v) is 21.0. The van der Waals surface area contributed by atoms with Crippen molar-refractivity contribution in [2.75, 3.05) is 18.0 Å². The van der Waals surface area contributed by atoms with Gasteiger partial charge >= 0.3 is 0 Å². The zero-order chi connectivity index (χ0) is 24.9. The predicted octanol–water partition coefficient (Wildman–Crippen LogP) is 4.47. The average molecular weight is 484 g/mol. The first-order valence-electron chi connectivity index (χ1n) is 12.8. The molecule has 4 aromatic rings. The molecule has 0 saturated carbocycles. The van der Waals surface area contributed by atoms with Crippen molar-refractivity contribution in [2.45, 2.75) is 58.5 Å². The highest BCUT2D eigenvalue weighted by atomic mass is 16.3. The molecule has 186 valence electrons. The Morgan fingerprint density at radius 2 is 1.50 bits per heavy atom. The molecule has 2 N–H and O–H groups in total. The van der Waals surface area contributed by atoms with Crippen LogP contribution in [0.25, 0.3) is 22.5 Å². The van der Waals surface area contributed by atoms with Crippen LogP contribution in [0.4, 0.5) is 5.82 Å². The van der Waals surface area contributed by atoms with Gasteiger partial charge in [-0.15, -0.1) is 10.2 Å². The van der Waals surface area contributed by atoms with Crippen LogP contribution in [0, 0.1) is 13.8 Å². The molecule has 36 heavy (non-hydrogen) atoms. The van der Waals surface area contributed by atoms with E-state index in [2.05, 4.69) is 87.9 Å². The SMILES string of the molecule is Cc1ccc(-c2nc3c(nc2-c2ccc(C)cc2)N(CCCCCCc2nn[nH]n2)C[C@@H](O)C3)cc1. The summed E-state index contributed by atoms with van der Waals surface area (Å²) in [4.78, 5) is 12.5. The molecule has 1 aliphatic heterocycles. The number of nitrogens with zero attached hydrogens (tertiary/aromatic N) is 6. The number of aliphatic hydroxyl groups excluding tert-OH is 1. The quantitative estimate of drug-likeness (QED) is 0.339. The van der Waals surface area contributed by atoms with E-state index in [0.29, 0.717) is 13.0 Å². The normalized spacial score (nSPS) is 15.2. The van der Waals surface area contributed by atoms with E-state index >= 15 is 0 Å². The molecule has 0 unspecified atom stereocenters. The highest BCUT2D eigenvalue weighted by Gasteiger charge is 2.28. The van der Waals surface area contributed by atoms with E-state index in [9.17, 15) is 5.11 Å². The Labute approximate surface area is 211 Å². The van der Waals surface area contributed by atoms with Gasteiger partial charge in [-0.2, -0.15) is 5.21 Å². The number of tetrazole rings is 1. The number of fused-ring (bicyclic) bond motifs is 1. The number of anilines is 1. The van der Waals surface area contributed by atoms with Crippen LogP contribution in [0.5, 0.6) is 0 Å². The molecule has 2 aromatic heterocycles. The Morgan fingerprint density at radius 1 is 0.861 bits per heavy atom. The van der Waals surface area contributed by atoms with E-state index in [4.69, 9.17) is 9.97 Å². The molecule has 3 heterocycles.